The Hall–Kier alpha value is 0.140. The van der Waals surface area contributed by atoms with Crippen molar-refractivity contribution in [1.82, 2.24) is 0 Å². The molecular weight excluding hydrogens is 332 g/mol. The molecule has 1 unspecified atom stereocenters. The van der Waals surface area contributed by atoms with Gasteiger partial charge in [-0.25, -0.2) is 0 Å². The molecule has 1 rings (SSSR count). The quantitative estimate of drug-likeness (QED) is 0.510. The highest BCUT2D eigenvalue weighted by Gasteiger charge is 2.09. The van der Waals surface area contributed by atoms with Crippen LogP contribution in [0.15, 0.2) is 28.7 Å². The molecule has 0 heterocycles. The molecule has 0 radical (unpaired) electrons. The molecule has 0 fully saturated rings. The van der Waals surface area contributed by atoms with E-state index in [4.69, 9.17) is 4.74 Å². The Morgan fingerprint density at radius 2 is 1.94 bits per heavy atom. The van der Waals surface area contributed by atoms with Gasteiger partial charge in [0.25, 0.3) is 0 Å². The van der Waals surface area contributed by atoms with Gasteiger partial charge in [0.2, 0.25) is 0 Å². The van der Waals surface area contributed by atoms with Crippen LogP contribution in [-0.4, -0.2) is 18.5 Å². The van der Waals surface area contributed by atoms with Gasteiger partial charge < -0.3 is 4.74 Å². The predicted octanol–water partition coefficient (Wildman–Crippen LogP) is 4.74. The van der Waals surface area contributed by atoms with Crippen molar-refractivity contribution >= 4 is 31.9 Å². The maximum atomic E-state index is 5.36. The first kappa shape index (κ1) is 14.2. The zero-order valence-electron chi connectivity index (χ0n) is 9.59. The molecule has 3 heteroatoms. The monoisotopic (exact) mass is 348 g/mol. The molecule has 1 nitrogen and oxygen atoms in total. The Kier molecular flexibility index (Phi) is 7.33. The van der Waals surface area contributed by atoms with Crippen molar-refractivity contribution in [2.24, 2.45) is 0 Å². The first-order chi connectivity index (χ1) is 7.77. The third kappa shape index (κ3) is 4.98. The number of hydrogen-bond acceptors (Lipinski definition) is 1. The third-order valence-electron chi connectivity index (χ3n) is 2.57. The van der Waals surface area contributed by atoms with Gasteiger partial charge in [0.05, 0.1) is 0 Å². The lowest BCUT2D eigenvalue weighted by Gasteiger charge is -2.14. The summed E-state index contributed by atoms with van der Waals surface area (Å²) in [4.78, 5) is 0. The van der Waals surface area contributed by atoms with Gasteiger partial charge in [0, 0.05) is 23.0 Å². The van der Waals surface area contributed by atoms with Gasteiger partial charge in [-0.15, -0.1) is 0 Å². The Balaban J connectivity index is 2.44. The molecule has 1 aromatic rings. The van der Waals surface area contributed by atoms with Crippen molar-refractivity contribution in [2.45, 2.75) is 25.7 Å². The number of rotatable bonds is 7. The summed E-state index contributed by atoms with van der Waals surface area (Å²) in [5.74, 6) is 0.591. The first-order valence-corrected chi connectivity index (χ1v) is 7.58. The summed E-state index contributed by atoms with van der Waals surface area (Å²) >= 11 is 7.05. The molecule has 1 atom stereocenters. The second kappa shape index (κ2) is 8.26. The van der Waals surface area contributed by atoms with E-state index in [-0.39, 0.29) is 0 Å². The molecule has 0 spiro atoms. The van der Waals surface area contributed by atoms with E-state index in [2.05, 4.69) is 56.1 Å². The number of ether oxygens (including phenoxy) is 1. The SMILES string of the molecule is CCOCCCC(CBr)c1ccc(Br)cc1. The summed E-state index contributed by atoms with van der Waals surface area (Å²) in [6, 6.07) is 8.59. The van der Waals surface area contributed by atoms with Crippen molar-refractivity contribution in [1.29, 1.82) is 0 Å². The van der Waals surface area contributed by atoms with Gasteiger partial charge in [-0.05, 0) is 43.4 Å². The highest BCUT2D eigenvalue weighted by atomic mass is 79.9. The van der Waals surface area contributed by atoms with Crippen molar-refractivity contribution in [3.63, 3.8) is 0 Å². The Morgan fingerprint density at radius 1 is 1.25 bits per heavy atom. The third-order valence-corrected chi connectivity index (χ3v) is 3.88. The number of benzene rings is 1. The van der Waals surface area contributed by atoms with Gasteiger partial charge in [-0.1, -0.05) is 44.0 Å². The minimum Gasteiger partial charge on any atom is -0.382 e. The highest BCUT2D eigenvalue weighted by Crippen LogP contribution is 2.24. The fourth-order valence-corrected chi connectivity index (χ4v) is 2.61. The first-order valence-electron chi connectivity index (χ1n) is 5.67. The van der Waals surface area contributed by atoms with Crippen LogP contribution in [0.1, 0.15) is 31.2 Å². The summed E-state index contributed by atoms with van der Waals surface area (Å²) in [6.45, 7) is 3.73. The maximum Gasteiger partial charge on any atom is 0.0466 e. The molecule has 0 saturated carbocycles. The zero-order valence-corrected chi connectivity index (χ0v) is 12.8. The molecule has 0 saturated heterocycles. The standard InChI is InChI=1S/C13H18Br2O/c1-2-16-9-3-4-12(10-14)11-5-7-13(15)8-6-11/h5-8,12H,2-4,9-10H2,1H3. The van der Waals surface area contributed by atoms with Crippen molar-refractivity contribution in [3.05, 3.63) is 34.3 Å². The molecule has 16 heavy (non-hydrogen) atoms. The predicted molar refractivity (Wildman–Crippen MR) is 76.4 cm³/mol. The number of halogens is 2. The molecule has 0 aliphatic rings. The molecule has 90 valence electrons. The van der Waals surface area contributed by atoms with E-state index < -0.39 is 0 Å². The lowest BCUT2D eigenvalue weighted by atomic mass is 9.96. The van der Waals surface area contributed by atoms with Gasteiger partial charge in [0.1, 0.15) is 0 Å². The molecule has 0 bridgehead atoms. The Labute approximate surface area is 115 Å². The smallest absolute Gasteiger partial charge is 0.0466 e. The summed E-state index contributed by atoms with van der Waals surface area (Å²) in [5.41, 5.74) is 1.40. The van der Waals surface area contributed by atoms with Crippen molar-refractivity contribution in [2.75, 3.05) is 18.5 Å². The average molecular weight is 350 g/mol. The summed E-state index contributed by atoms with van der Waals surface area (Å²) in [7, 11) is 0. The normalized spacial score (nSPS) is 12.7. The number of alkyl halides is 1. The summed E-state index contributed by atoms with van der Waals surface area (Å²) in [5, 5.41) is 1.01. The van der Waals surface area contributed by atoms with E-state index in [0.29, 0.717) is 5.92 Å². The lowest BCUT2D eigenvalue weighted by Crippen LogP contribution is -2.03. The van der Waals surface area contributed by atoms with Gasteiger partial charge in [-0.2, -0.15) is 0 Å². The minimum absolute atomic E-state index is 0.591. The van der Waals surface area contributed by atoms with Crippen LogP contribution < -0.4 is 0 Å². The van der Waals surface area contributed by atoms with E-state index >= 15 is 0 Å². The summed E-state index contributed by atoms with van der Waals surface area (Å²) < 4.78 is 6.50. The molecule has 0 N–H and O–H groups in total. The fraction of sp³-hybridized carbons (Fsp3) is 0.538. The van der Waals surface area contributed by atoms with E-state index in [1.165, 1.54) is 12.0 Å². The Morgan fingerprint density at radius 3 is 2.50 bits per heavy atom. The van der Waals surface area contributed by atoms with Crippen LogP contribution in [0.25, 0.3) is 0 Å². The van der Waals surface area contributed by atoms with Gasteiger partial charge in [-0.3, -0.25) is 0 Å². The molecule has 0 aliphatic carbocycles. The van der Waals surface area contributed by atoms with E-state index in [9.17, 15) is 0 Å². The zero-order chi connectivity index (χ0) is 11.8. The van der Waals surface area contributed by atoms with Crippen LogP contribution in [0, 0.1) is 0 Å². The highest BCUT2D eigenvalue weighted by molar-refractivity contribution is 9.10. The van der Waals surface area contributed by atoms with Crippen LogP contribution in [0.4, 0.5) is 0 Å². The maximum absolute atomic E-state index is 5.36. The fourth-order valence-electron chi connectivity index (χ4n) is 1.64. The molecule has 0 aromatic heterocycles. The molecule has 0 aliphatic heterocycles. The average Bonchev–Trinajstić information content (AvgIpc) is 2.31. The summed E-state index contributed by atoms with van der Waals surface area (Å²) in [6.07, 6.45) is 2.30. The van der Waals surface area contributed by atoms with Gasteiger partial charge in [0.15, 0.2) is 0 Å². The molecule has 0 amide bonds. The largest absolute Gasteiger partial charge is 0.382 e. The van der Waals surface area contributed by atoms with E-state index in [1.54, 1.807) is 0 Å². The lowest BCUT2D eigenvalue weighted by molar-refractivity contribution is 0.142. The minimum atomic E-state index is 0.591. The molecular formula is C13H18Br2O. The van der Waals surface area contributed by atoms with Crippen LogP contribution in [0.5, 0.6) is 0 Å². The van der Waals surface area contributed by atoms with Crippen LogP contribution in [0.2, 0.25) is 0 Å². The van der Waals surface area contributed by atoms with Crippen LogP contribution in [-0.2, 0) is 4.74 Å². The van der Waals surface area contributed by atoms with Crippen molar-refractivity contribution in [3.8, 4) is 0 Å². The second-order valence-electron chi connectivity index (χ2n) is 3.74. The van der Waals surface area contributed by atoms with Crippen molar-refractivity contribution < 1.29 is 4.74 Å². The topological polar surface area (TPSA) is 9.23 Å². The number of hydrogen-bond donors (Lipinski definition) is 0. The van der Waals surface area contributed by atoms with Crippen LogP contribution in [0.3, 0.4) is 0 Å². The Bertz CT molecular complexity index is 284. The second-order valence-corrected chi connectivity index (χ2v) is 5.31. The van der Waals surface area contributed by atoms with E-state index in [0.717, 1.165) is 29.4 Å². The van der Waals surface area contributed by atoms with Gasteiger partial charge >= 0.3 is 0 Å². The van der Waals surface area contributed by atoms with Crippen LogP contribution >= 0.6 is 31.9 Å². The molecule has 1 aromatic carbocycles. The van der Waals surface area contributed by atoms with E-state index in [1.807, 2.05) is 6.92 Å².